The molecule has 0 unspecified atom stereocenters. The summed E-state index contributed by atoms with van der Waals surface area (Å²) in [6.07, 6.45) is 0.657. The Morgan fingerprint density at radius 1 is 1.29 bits per heavy atom. The predicted octanol–water partition coefficient (Wildman–Crippen LogP) is 0.893. The Bertz CT molecular complexity index is 559. The summed E-state index contributed by atoms with van der Waals surface area (Å²) in [6.45, 7) is 0.228. The highest BCUT2D eigenvalue weighted by Gasteiger charge is 2.34. The van der Waals surface area contributed by atoms with Crippen LogP contribution in [0.3, 0.4) is 0 Å². The number of hydrogen-bond acceptors (Lipinski definition) is 3. The van der Waals surface area contributed by atoms with Crippen LogP contribution in [0.1, 0.15) is 5.56 Å². The molecule has 0 spiro atoms. The molecular formula is C14H16ClN3O3. The van der Waals surface area contributed by atoms with Gasteiger partial charge in [-0.2, -0.15) is 0 Å². The molecule has 2 rings (SSSR count). The minimum Gasteiger partial charge on any atom is -0.354 e. The maximum Gasteiger partial charge on any atom is 0.327 e. The lowest BCUT2D eigenvalue weighted by molar-refractivity contribution is -0.130. The number of carbonyl (C=O) groups is 3. The number of benzene rings is 1. The third-order valence-electron chi connectivity index (χ3n) is 3.18. The van der Waals surface area contributed by atoms with Gasteiger partial charge in [0.1, 0.15) is 13.1 Å². The molecule has 112 valence electrons. The van der Waals surface area contributed by atoms with Gasteiger partial charge in [-0.15, -0.1) is 0 Å². The van der Waals surface area contributed by atoms with Crippen molar-refractivity contribution in [3.05, 3.63) is 34.9 Å². The van der Waals surface area contributed by atoms with E-state index in [4.69, 9.17) is 11.6 Å². The van der Waals surface area contributed by atoms with Crippen LogP contribution in [0.2, 0.25) is 5.02 Å². The average molecular weight is 310 g/mol. The number of nitrogens with zero attached hydrogens (tertiary/aromatic N) is 2. The summed E-state index contributed by atoms with van der Waals surface area (Å²) >= 11 is 5.79. The maximum atomic E-state index is 11.7. The normalized spacial score (nSPS) is 14.8. The van der Waals surface area contributed by atoms with Crippen molar-refractivity contribution in [1.29, 1.82) is 0 Å². The standard InChI is InChI=1S/C14H16ClN3O3/c1-17-9-13(20)18(14(17)21)8-12(19)16-7-6-10-2-4-11(15)5-3-10/h2-5H,6-9H2,1H3,(H,16,19). The van der Waals surface area contributed by atoms with Crippen molar-refractivity contribution in [1.82, 2.24) is 15.1 Å². The van der Waals surface area contributed by atoms with Crippen molar-refractivity contribution in [2.24, 2.45) is 0 Å². The number of halogens is 1. The van der Waals surface area contributed by atoms with Crippen molar-refractivity contribution in [2.75, 3.05) is 26.7 Å². The van der Waals surface area contributed by atoms with Gasteiger partial charge in [0, 0.05) is 18.6 Å². The Morgan fingerprint density at radius 3 is 2.52 bits per heavy atom. The predicted molar refractivity (Wildman–Crippen MR) is 77.9 cm³/mol. The zero-order valence-corrected chi connectivity index (χ0v) is 12.4. The Balaban J connectivity index is 1.76. The molecule has 21 heavy (non-hydrogen) atoms. The molecule has 0 aliphatic carbocycles. The summed E-state index contributed by atoms with van der Waals surface area (Å²) in [5.41, 5.74) is 1.05. The Labute approximate surface area is 127 Å². The van der Waals surface area contributed by atoms with Crippen LogP contribution in [0.25, 0.3) is 0 Å². The van der Waals surface area contributed by atoms with Crippen molar-refractivity contribution in [3.8, 4) is 0 Å². The maximum absolute atomic E-state index is 11.7. The van der Waals surface area contributed by atoms with Gasteiger partial charge in [-0.25, -0.2) is 4.79 Å². The third-order valence-corrected chi connectivity index (χ3v) is 3.43. The first-order valence-corrected chi connectivity index (χ1v) is 6.92. The summed E-state index contributed by atoms with van der Waals surface area (Å²) in [4.78, 5) is 37.1. The minimum absolute atomic E-state index is 0.0247. The first kappa shape index (κ1) is 15.3. The van der Waals surface area contributed by atoms with Gasteiger partial charge in [-0.1, -0.05) is 23.7 Å². The summed E-state index contributed by atoms with van der Waals surface area (Å²) in [6, 6.07) is 6.91. The molecule has 1 saturated heterocycles. The number of hydrogen-bond donors (Lipinski definition) is 1. The van der Waals surface area contributed by atoms with Gasteiger partial charge >= 0.3 is 6.03 Å². The lowest BCUT2D eigenvalue weighted by atomic mass is 10.1. The van der Waals surface area contributed by atoms with E-state index in [1.165, 1.54) is 11.9 Å². The SMILES string of the molecule is CN1CC(=O)N(CC(=O)NCCc2ccc(Cl)cc2)C1=O. The van der Waals surface area contributed by atoms with E-state index < -0.39 is 6.03 Å². The highest BCUT2D eigenvalue weighted by atomic mass is 35.5. The lowest BCUT2D eigenvalue weighted by Crippen LogP contribution is -2.41. The molecular weight excluding hydrogens is 294 g/mol. The monoisotopic (exact) mass is 309 g/mol. The first-order chi connectivity index (χ1) is 9.97. The highest BCUT2D eigenvalue weighted by molar-refractivity contribution is 6.30. The van der Waals surface area contributed by atoms with Crippen LogP contribution >= 0.6 is 11.6 Å². The van der Waals surface area contributed by atoms with E-state index in [0.717, 1.165) is 10.5 Å². The number of urea groups is 1. The number of nitrogens with one attached hydrogen (secondary N) is 1. The summed E-state index contributed by atoms with van der Waals surface area (Å²) in [5.74, 6) is -0.698. The Morgan fingerprint density at radius 2 is 1.95 bits per heavy atom. The molecule has 0 radical (unpaired) electrons. The second-order valence-electron chi connectivity index (χ2n) is 4.84. The van der Waals surface area contributed by atoms with Crippen LogP contribution in [0.4, 0.5) is 4.79 Å². The molecule has 1 N–H and O–H groups in total. The van der Waals surface area contributed by atoms with E-state index in [-0.39, 0.29) is 24.9 Å². The quantitative estimate of drug-likeness (QED) is 0.821. The van der Waals surface area contributed by atoms with Gasteiger partial charge in [0.2, 0.25) is 5.91 Å². The fourth-order valence-electron chi connectivity index (χ4n) is 2.02. The topological polar surface area (TPSA) is 69.7 Å². The van der Waals surface area contributed by atoms with Gasteiger partial charge in [0.15, 0.2) is 0 Å². The molecule has 0 aromatic heterocycles. The smallest absolute Gasteiger partial charge is 0.327 e. The fourth-order valence-corrected chi connectivity index (χ4v) is 2.15. The van der Waals surface area contributed by atoms with Gasteiger partial charge < -0.3 is 10.2 Å². The molecule has 1 heterocycles. The van der Waals surface area contributed by atoms with Crippen LogP contribution in [-0.2, 0) is 16.0 Å². The third kappa shape index (κ3) is 3.95. The number of likely N-dealkylation sites (N-methyl/N-ethyl adjacent to an activating group) is 1. The van der Waals surface area contributed by atoms with Crippen molar-refractivity contribution in [3.63, 3.8) is 0 Å². The molecule has 0 atom stereocenters. The Kier molecular flexibility index (Phi) is 4.80. The van der Waals surface area contributed by atoms with Crippen LogP contribution < -0.4 is 5.32 Å². The zero-order valence-electron chi connectivity index (χ0n) is 11.6. The number of carbonyl (C=O) groups excluding carboxylic acids is 3. The van der Waals surface area contributed by atoms with Crippen molar-refractivity contribution < 1.29 is 14.4 Å². The zero-order chi connectivity index (χ0) is 15.4. The van der Waals surface area contributed by atoms with E-state index >= 15 is 0 Å². The second kappa shape index (κ2) is 6.58. The summed E-state index contributed by atoms with van der Waals surface area (Å²) in [5, 5.41) is 3.36. The summed E-state index contributed by atoms with van der Waals surface area (Å²) in [7, 11) is 1.53. The van der Waals surface area contributed by atoms with Gasteiger partial charge in [-0.3, -0.25) is 14.5 Å². The lowest BCUT2D eigenvalue weighted by Gasteiger charge is -2.13. The largest absolute Gasteiger partial charge is 0.354 e. The molecule has 1 aliphatic heterocycles. The fraction of sp³-hybridized carbons (Fsp3) is 0.357. The molecule has 7 heteroatoms. The van der Waals surface area contributed by atoms with Crippen LogP contribution in [0.15, 0.2) is 24.3 Å². The van der Waals surface area contributed by atoms with Crippen molar-refractivity contribution in [2.45, 2.75) is 6.42 Å². The molecule has 0 saturated carbocycles. The van der Waals surface area contributed by atoms with E-state index in [1.54, 1.807) is 12.1 Å². The van der Waals surface area contributed by atoms with Gasteiger partial charge in [-0.05, 0) is 24.1 Å². The van der Waals surface area contributed by atoms with Crippen LogP contribution in [-0.4, -0.2) is 54.3 Å². The molecule has 1 fully saturated rings. The molecule has 1 aromatic carbocycles. The van der Waals surface area contributed by atoms with E-state index in [0.29, 0.717) is 18.0 Å². The highest BCUT2D eigenvalue weighted by Crippen LogP contribution is 2.10. The van der Waals surface area contributed by atoms with Gasteiger partial charge in [0.05, 0.1) is 0 Å². The number of rotatable bonds is 5. The number of amides is 4. The van der Waals surface area contributed by atoms with Gasteiger partial charge in [0.25, 0.3) is 5.91 Å². The van der Waals surface area contributed by atoms with Crippen LogP contribution in [0.5, 0.6) is 0 Å². The van der Waals surface area contributed by atoms with E-state index in [9.17, 15) is 14.4 Å². The van der Waals surface area contributed by atoms with E-state index in [1.807, 2.05) is 12.1 Å². The van der Waals surface area contributed by atoms with E-state index in [2.05, 4.69) is 5.32 Å². The minimum atomic E-state index is -0.437. The summed E-state index contributed by atoms with van der Waals surface area (Å²) < 4.78 is 0. The molecule has 1 aromatic rings. The Hall–Kier alpha value is -2.08. The second-order valence-corrected chi connectivity index (χ2v) is 5.28. The molecule has 6 nitrogen and oxygen atoms in total. The molecule has 0 bridgehead atoms. The molecule has 4 amide bonds. The number of imide groups is 1. The van der Waals surface area contributed by atoms with Crippen molar-refractivity contribution >= 4 is 29.4 Å². The van der Waals surface area contributed by atoms with Crippen LogP contribution in [0, 0.1) is 0 Å². The molecule has 1 aliphatic rings. The average Bonchev–Trinajstić information content (AvgIpc) is 2.68. The first-order valence-electron chi connectivity index (χ1n) is 6.54.